The van der Waals surface area contributed by atoms with Crippen LogP contribution in [0.25, 0.3) is 0 Å². The van der Waals surface area contributed by atoms with Crippen molar-refractivity contribution in [2.45, 2.75) is 18.2 Å². The van der Waals surface area contributed by atoms with Crippen LogP contribution in [0.5, 0.6) is 0 Å². The molecule has 2 atom stereocenters. The van der Waals surface area contributed by atoms with Gasteiger partial charge in [0.15, 0.2) is 0 Å². The Balaban J connectivity index is 2.08. The minimum atomic E-state index is 0.133. The smallest absolute Gasteiger partial charge is 0.253 e. The van der Waals surface area contributed by atoms with Crippen LogP contribution in [0.15, 0.2) is 28.7 Å². The van der Waals surface area contributed by atoms with E-state index < -0.39 is 0 Å². The maximum Gasteiger partial charge on any atom is 0.253 e. The van der Waals surface area contributed by atoms with Gasteiger partial charge in [0.05, 0.1) is 0 Å². The van der Waals surface area contributed by atoms with Crippen molar-refractivity contribution in [3.05, 3.63) is 34.3 Å². The summed E-state index contributed by atoms with van der Waals surface area (Å²) in [5.74, 6) is 0.776. The molecule has 17 heavy (non-hydrogen) atoms. The van der Waals surface area contributed by atoms with Crippen LogP contribution in [0.4, 0.5) is 0 Å². The van der Waals surface area contributed by atoms with Crippen molar-refractivity contribution in [2.75, 3.05) is 13.1 Å². The van der Waals surface area contributed by atoms with Crippen molar-refractivity contribution in [2.24, 2.45) is 5.92 Å². The molecule has 1 aromatic carbocycles. The molecule has 0 aromatic heterocycles. The largest absolute Gasteiger partial charge is 0.338 e. The second-order valence-electron chi connectivity index (χ2n) is 4.54. The van der Waals surface area contributed by atoms with Gasteiger partial charge in [-0.2, -0.15) is 0 Å². The molecular weight excluding hydrogens is 346 g/mol. The molecule has 1 heterocycles. The molecule has 0 radical (unpaired) electrons. The quantitative estimate of drug-likeness (QED) is 0.699. The highest BCUT2D eigenvalue weighted by Gasteiger charge is 2.27. The summed E-state index contributed by atoms with van der Waals surface area (Å²) in [7, 11) is 0. The molecule has 92 valence electrons. The normalized spacial score (nSPS) is 24.8. The lowest BCUT2D eigenvalue weighted by atomic mass is 9.98. The van der Waals surface area contributed by atoms with E-state index in [1.807, 2.05) is 29.2 Å². The topological polar surface area (TPSA) is 20.3 Å². The Kier molecular flexibility index (Phi) is 4.26. The number of hydrogen-bond donors (Lipinski definition) is 0. The predicted molar refractivity (Wildman–Crippen MR) is 76.5 cm³/mol. The Morgan fingerprint density at radius 3 is 2.59 bits per heavy atom. The van der Waals surface area contributed by atoms with Gasteiger partial charge in [-0.1, -0.05) is 38.8 Å². The summed E-state index contributed by atoms with van der Waals surface area (Å²) in [6.45, 7) is 3.88. The van der Waals surface area contributed by atoms with E-state index in [1.54, 1.807) is 0 Å². The number of halogens is 2. The number of nitrogens with zero attached hydrogens (tertiary/aromatic N) is 1. The van der Waals surface area contributed by atoms with E-state index in [0.29, 0.717) is 10.7 Å². The fourth-order valence-corrected chi connectivity index (χ4v) is 2.86. The summed E-state index contributed by atoms with van der Waals surface area (Å²) < 4.78 is 1.000. The van der Waals surface area contributed by atoms with Gasteiger partial charge < -0.3 is 4.90 Å². The highest BCUT2D eigenvalue weighted by molar-refractivity contribution is 9.10. The molecule has 0 spiro atoms. The molecule has 1 fully saturated rings. The average molecular weight is 361 g/mol. The molecule has 1 amide bonds. The highest BCUT2D eigenvalue weighted by Crippen LogP contribution is 2.24. The van der Waals surface area contributed by atoms with Crippen LogP contribution in [0, 0.1) is 5.92 Å². The minimum absolute atomic E-state index is 0.133. The number of piperidine rings is 1. The van der Waals surface area contributed by atoms with Gasteiger partial charge in [0, 0.05) is 28.0 Å². The van der Waals surface area contributed by atoms with Crippen LogP contribution < -0.4 is 0 Å². The van der Waals surface area contributed by atoms with Gasteiger partial charge in [-0.3, -0.25) is 4.79 Å². The van der Waals surface area contributed by atoms with Crippen molar-refractivity contribution in [1.29, 1.82) is 0 Å². The number of carbonyl (C=O) groups is 1. The standard InChI is InChI=1S/C13H15Br2NO/c1-9-6-7-16(8-12(9)15)13(17)10-2-4-11(14)5-3-10/h2-5,9,12H,6-8H2,1H3. The highest BCUT2D eigenvalue weighted by atomic mass is 79.9. The Bertz CT molecular complexity index is 404. The lowest BCUT2D eigenvalue weighted by molar-refractivity contribution is 0.0706. The van der Waals surface area contributed by atoms with E-state index >= 15 is 0 Å². The average Bonchev–Trinajstić information content (AvgIpc) is 2.33. The zero-order valence-corrected chi connectivity index (χ0v) is 12.9. The van der Waals surface area contributed by atoms with E-state index in [-0.39, 0.29) is 5.91 Å². The Hall–Kier alpha value is -0.350. The third kappa shape index (κ3) is 3.10. The second-order valence-corrected chi connectivity index (χ2v) is 6.63. The van der Waals surface area contributed by atoms with E-state index in [0.717, 1.165) is 29.5 Å². The number of hydrogen-bond acceptors (Lipinski definition) is 1. The molecule has 1 aliphatic rings. The van der Waals surface area contributed by atoms with Crippen LogP contribution in [-0.4, -0.2) is 28.7 Å². The molecule has 2 unspecified atom stereocenters. The summed E-state index contributed by atoms with van der Waals surface area (Å²) in [5, 5.41) is 0. The van der Waals surface area contributed by atoms with Gasteiger partial charge in [-0.25, -0.2) is 0 Å². The number of amides is 1. The van der Waals surface area contributed by atoms with Crippen molar-refractivity contribution >= 4 is 37.8 Å². The molecule has 1 saturated heterocycles. The van der Waals surface area contributed by atoms with Gasteiger partial charge in [0.1, 0.15) is 0 Å². The second kappa shape index (κ2) is 5.53. The van der Waals surface area contributed by atoms with Gasteiger partial charge in [0.2, 0.25) is 0 Å². The van der Waals surface area contributed by atoms with Crippen LogP contribution in [0.1, 0.15) is 23.7 Å². The lowest BCUT2D eigenvalue weighted by Gasteiger charge is -2.34. The Morgan fingerprint density at radius 2 is 2.00 bits per heavy atom. The monoisotopic (exact) mass is 359 g/mol. The summed E-state index contributed by atoms with van der Waals surface area (Å²) in [6.07, 6.45) is 1.07. The molecular formula is C13H15Br2NO. The molecule has 0 saturated carbocycles. The van der Waals surface area contributed by atoms with Gasteiger partial charge in [-0.15, -0.1) is 0 Å². The molecule has 4 heteroatoms. The van der Waals surface area contributed by atoms with Gasteiger partial charge >= 0.3 is 0 Å². The zero-order chi connectivity index (χ0) is 12.4. The van der Waals surface area contributed by atoms with Crippen LogP contribution in [-0.2, 0) is 0 Å². The zero-order valence-electron chi connectivity index (χ0n) is 9.70. The third-order valence-electron chi connectivity index (χ3n) is 3.24. The molecule has 0 bridgehead atoms. The fourth-order valence-electron chi connectivity index (χ4n) is 1.98. The first-order chi connectivity index (χ1) is 8.08. The van der Waals surface area contributed by atoms with Crippen molar-refractivity contribution in [3.8, 4) is 0 Å². The first kappa shape index (κ1) is 13.1. The molecule has 2 nitrogen and oxygen atoms in total. The minimum Gasteiger partial charge on any atom is -0.338 e. The van der Waals surface area contributed by atoms with E-state index in [2.05, 4.69) is 38.8 Å². The van der Waals surface area contributed by atoms with Crippen molar-refractivity contribution in [3.63, 3.8) is 0 Å². The van der Waals surface area contributed by atoms with E-state index in [4.69, 9.17) is 0 Å². The number of carbonyl (C=O) groups excluding carboxylic acids is 1. The molecule has 1 aromatic rings. The first-order valence-electron chi connectivity index (χ1n) is 5.77. The van der Waals surface area contributed by atoms with E-state index in [1.165, 1.54) is 0 Å². The SMILES string of the molecule is CC1CCN(C(=O)c2ccc(Br)cc2)CC1Br. The summed E-state index contributed by atoms with van der Waals surface area (Å²) in [5.41, 5.74) is 0.766. The van der Waals surface area contributed by atoms with Crippen LogP contribution in [0.3, 0.4) is 0 Å². The van der Waals surface area contributed by atoms with Crippen LogP contribution >= 0.6 is 31.9 Å². The first-order valence-corrected chi connectivity index (χ1v) is 7.47. The summed E-state index contributed by atoms with van der Waals surface area (Å²) >= 11 is 7.02. The Labute approximate surface area is 119 Å². The number of alkyl halides is 1. The number of rotatable bonds is 1. The van der Waals surface area contributed by atoms with Crippen molar-refractivity contribution in [1.82, 2.24) is 4.90 Å². The predicted octanol–water partition coefficient (Wildman–Crippen LogP) is 3.69. The van der Waals surface area contributed by atoms with Crippen molar-refractivity contribution < 1.29 is 4.79 Å². The summed E-state index contributed by atoms with van der Waals surface area (Å²) in [6, 6.07) is 7.55. The molecule has 0 aliphatic carbocycles. The number of benzene rings is 1. The third-order valence-corrected chi connectivity index (χ3v) is 4.97. The maximum atomic E-state index is 12.3. The molecule has 0 N–H and O–H groups in total. The van der Waals surface area contributed by atoms with Gasteiger partial charge in [0.25, 0.3) is 5.91 Å². The van der Waals surface area contributed by atoms with Crippen LogP contribution in [0.2, 0.25) is 0 Å². The fraction of sp³-hybridized carbons (Fsp3) is 0.462. The number of likely N-dealkylation sites (tertiary alicyclic amines) is 1. The summed E-state index contributed by atoms with van der Waals surface area (Å²) in [4.78, 5) is 14.6. The lowest BCUT2D eigenvalue weighted by Crippen LogP contribution is -2.43. The maximum absolute atomic E-state index is 12.3. The van der Waals surface area contributed by atoms with Gasteiger partial charge in [-0.05, 0) is 36.6 Å². The molecule has 2 rings (SSSR count). The Morgan fingerprint density at radius 1 is 1.35 bits per heavy atom. The molecule has 1 aliphatic heterocycles. The van der Waals surface area contributed by atoms with E-state index in [9.17, 15) is 4.79 Å².